The number of hydrogen-bond donors (Lipinski definition) is 2. The molecule has 0 fully saturated rings. The fraction of sp³-hybridized carbons (Fsp3) is 0.333. The summed E-state index contributed by atoms with van der Waals surface area (Å²) in [4.78, 5) is 8.12. The number of ether oxygens (including phenoxy) is 1. The molecule has 106 valence electrons. The number of benzene rings is 1. The number of nitrogen functional groups attached to an aromatic ring is 1. The van der Waals surface area contributed by atoms with Crippen molar-refractivity contribution < 1.29 is 4.74 Å². The Morgan fingerprint density at radius 1 is 1.20 bits per heavy atom. The number of nitrogens with one attached hydrogen (secondary N) is 1. The first-order valence-electron chi connectivity index (χ1n) is 6.49. The predicted molar refractivity (Wildman–Crippen MR) is 79.8 cm³/mol. The van der Waals surface area contributed by atoms with Gasteiger partial charge in [-0.1, -0.05) is 38.5 Å². The highest BCUT2D eigenvalue weighted by molar-refractivity contribution is 5.43. The first-order valence-corrected chi connectivity index (χ1v) is 6.49. The lowest BCUT2D eigenvalue weighted by molar-refractivity contribution is 0.439. The SMILES string of the molecule is Cc1ccc(Oc2ccnc(NN)n2)c(C(C)(C)C)c1. The molecule has 1 heterocycles. The average Bonchev–Trinajstić information content (AvgIpc) is 2.40. The molecule has 5 heteroatoms. The summed E-state index contributed by atoms with van der Waals surface area (Å²) in [6, 6.07) is 7.83. The number of nitrogens with zero attached hydrogens (tertiary/aromatic N) is 2. The van der Waals surface area contributed by atoms with Gasteiger partial charge in [-0.25, -0.2) is 10.8 Å². The molecule has 0 aliphatic heterocycles. The molecule has 0 bridgehead atoms. The van der Waals surface area contributed by atoms with Crippen LogP contribution in [-0.2, 0) is 5.41 Å². The van der Waals surface area contributed by atoms with Crippen LogP contribution in [0.4, 0.5) is 5.95 Å². The highest BCUT2D eigenvalue weighted by atomic mass is 16.5. The van der Waals surface area contributed by atoms with Crippen LogP contribution >= 0.6 is 0 Å². The summed E-state index contributed by atoms with van der Waals surface area (Å²) in [5.41, 5.74) is 4.73. The van der Waals surface area contributed by atoms with E-state index in [0.717, 1.165) is 11.3 Å². The van der Waals surface area contributed by atoms with Crippen LogP contribution in [0.3, 0.4) is 0 Å². The minimum Gasteiger partial charge on any atom is -0.439 e. The number of nitrogens with two attached hydrogens (primary N) is 1. The summed E-state index contributed by atoms with van der Waals surface area (Å²) in [6.07, 6.45) is 1.60. The van der Waals surface area contributed by atoms with Crippen LogP contribution in [0.25, 0.3) is 0 Å². The van der Waals surface area contributed by atoms with Crippen LogP contribution in [0.2, 0.25) is 0 Å². The van der Waals surface area contributed by atoms with Crippen molar-refractivity contribution in [2.24, 2.45) is 5.84 Å². The number of rotatable bonds is 3. The Bertz CT molecular complexity index is 605. The molecule has 0 amide bonds. The van der Waals surface area contributed by atoms with E-state index in [-0.39, 0.29) is 5.41 Å². The summed E-state index contributed by atoms with van der Waals surface area (Å²) in [7, 11) is 0. The van der Waals surface area contributed by atoms with Crippen LogP contribution in [0.1, 0.15) is 31.9 Å². The molecular weight excluding hydrogens is 252 g/mol. The van der Waals surface area contributed by atoms with E-state index in [0.29, 0.717) is 11.8 Å². The minimum absolute atomic E-state index is 0.0106. The van der Waals surface area contributed by atoms with Crippen molar-refractivity contribution in [3.63, 3.8) is 0 Å². The van der Waals surface area contributed by atoms with Crippen molar-refractivity contribution in [3.05, 3.63) is 41.6 Å². The lowest BCUT2D eigenvalue weighted by Gasteiger charge is -2.23. The number of hydrogen-bond acceptors (Lipinski definition) is 5. The lowest BCUT2D eigenvalue weighted by Crippen LogP contribution is -2.13. The lowest BCUT2D eigenvalue weighted by atomic mass is 9.85. The number of aromatic nitrogens is 2. The zero-order valence-electron chi connectivity index (χ0n) is 12.3. The molecule has 2 rings (SSSR count). The molecule has 0 aliphatic carbocycles. The quantitative estimate of drug-likeness (QED) is 0.663. The molecule has 0 spiro atoms. The smallest absolute Gasteiger partial charge is 0.240 e. The number of aryl methyl sites for hydroxylation is 1. The Hall–Kier alpha value is -2.14. The largest absolute Gasteiger partial charge is 0.439 e. The van der Waals surface area contributed by atoms with Crippen LogP contribution in [-0.4, -0.2) is 9.97 Å². The Morgan fingerprint density at radius 3 is 2.60 bits per heavy atom. The monoisotopic (exact) mass is 272 g/mol. The van der Waals surface area contributed by atoms with Crippen LogP contribution in [0, 0.1) is 6.92 Å². The topological polar surface area (TPSA) is 73.1 Å². The maximum Gasteiger partial charge on any atom is 0.240 e. The molecule has 0 unspecified atom stereocenters. The van der Waals surface area contributed by atoms with Gasteiger partial charge in [0.15, 0.2) is 0 Å². The summed E-state index contributed by atoms with van der Waals surface area (Å²) in [5.74, 6) is 6.88. The highest BCUT2D eigenvalue weighted by Gasteiger charge is 2.19. The van der Waals surface area contributed by atoms with E-state index in [9.17, 15) is 0 Å². The second-order valence-corrected chi connectivity index (χ2v) is 5.71. The van der Waals surface area contributed by atoms with Gasteiger partial charge in [-0.2, -0.15) is 4.98 Å². The van der Waals surface area contributed by atoms with Gasteiger partial charge in [0.2, 0.25) is 11.8 Å². The second kappa shape index (κ2) is 5.46. The van der Waals surface area contributed by atoms with E-state index in [2.05, 4.69) is 49.2 Å². The highest BCUT2D eigenvalue weighted by Crippen LogP contribution is 2.34. The van der Waals surface area contributed by atoms with E-state index in [1.54, 1.807) is 12.3 Å². The van der Waals surface area contributed by atoms with Crippen molar-refractivity contribution in [2.75, 3.05) is 5.43 Å². The molecule has 0 atom stereocenters. The standard InChI is InChI=1S/C15H20N4O/c1-10-5-6-12(11(9-10)15(2,3)4)20-13-7-8-17-14(18-13)19-16/h5-9H,16H2,1-4H3,(H,17,18,19). The average molecular weight is 272 g/mol. The van der Waals surface area contributed by atoms with E-state index in [1.807, 2.05) is 12.1 Å². The molecule has 2 aromatic rings. The van der Waals surface area contributed by atoms with Gasteiger partial charge in [0.1, 0.15) is 5.75 Å². The number of anilines is 1. The first-order chi connectivity index (χ1) is 9.40. The van der Waals surface area contributed by atoms with Gasteiger partial charge >= 0.3 is 0 Å². The van der Waals surface area contributed by atoms with E-state index in [1.165, 1.54) is 5.56 Å². The van der Waals surface area contributed by atoms with Crippen molar-refractivity contribution in [3.8, 4) is 11.6 Å². The Balaban J connectivity index is 2.38. The molecule has 1 aromatic heterocycles. The molecule has 5 nitrogen and oxygen atoms in total. The maximum absolute atomic E-state index is 5.89. The normalized spacial score (nSPS) is 11.2. The predicted octanol–water partition coefficient (Wildman–Crippen LogP) is 3.16. The molecule has 1 aromatic carbocycles. The number of hydrazine groups is 1. The Kier molecular flexibility index (Phi) is 3.90. The van der Waals surface area contributed by atoms with Crippen molar-refractivity contribution in [1.82, 2.24) is 9.97 Å². The third-order valence-electron chi connectivity index (χ3n) is 2.92. The minimum atomic E-state index is -0.0106. The fourth-order valence-corrected chi connectivity index (χ4v) is 1.90. The third kappa shape index (κ3) is 3.24. The van der Waals surface area contributed by atoms with Crippen LogP contribution in [0.5, 0.6) is 11.6 Å². The molecule has 0 aliphatic rings. The molecule has 20 heavy (non-hydrogen) atoms. The van der Waals surface area contributed by atoms with E-state index in [4.69, 9.17) is 10.6 Å². The van der Waals surface area contributed by atoms with Gasteiger partial charge < -0.3 is 4.74 Å². The van der Waals surface area contributed by atoms with Gasteiger partial charge in [0.05, 0.1) is 0 Å². The van der Waals surface area contributed by atoms with Crippen molar-refractivity contribution >= 4 is 5.95 Å². The summed E-state index contributed by atoms with van der Waals surface area (Å²) >= 11 is 0. The molecule has 0 radical (unpaired) electrons. The fourth-order valence-electron chi connectivity index (χ4n) is 1.90. The van der Waals surface area contributed by atoms with Gasteiger partial charge in [-0.15, -0.1) is 0 Å². The molecular formula is C15H20N4O. The van der Waals surface area contributed by atoms with Crippen LogP contribution < -0.4 is 16.0 Å². The van der Waals surface area contributed by atoms with Gasteiger partial charge in [-0.05, 0) is 18.4 Å². The van der Waals surface area contributed by atoms with Crippen LogP contribution in [0.15, 0.2) is 30.5 Å². The molecule has 3 N–H and O–H groups in total. The summed E-state index contributed by atoms with van der Waals surface area (Å²) in [6.45, 7) is 8.53. The van der Waals surface area contributed by atoms with Crippen molar-refractivity contribution in [2.45, 2.75) is 33.1 Å². The van der Waals surface area contributed by atoms with E-state index >= 15 is 0 Å². The zero-order valence-corrected chi connectivity index (χ0v) is 12.3. The van der Waals surface area contributed by atoms with Gasteiger partial charge in [0.25, 0.3) is 0 Å². The second-order valence-electron chi connectivity index (χ2n) is 5.71. The summed E-state index contributed by atoms with van der Waals surface area (Å²) in [5, 5.41) is 0. The van der Waals surface area contributed by atoms with Gasteiger partial charge in [-0.3, -0.25) is 5.43 Å². The Labute approximate surface area is 119 Å². The molecule has 0 saturated carbocycles. The Morgan fingerprint density at radius 2 is 1.95 bits per heavy atom. The first kappa shape index (κ1) is 14.3. The van der Waals surface area contributed by atoms with E-state index < -0.39 is 0 Å². The van der Waals surface area contributed by atoms with Crippen molar-refractivity contribution in [1.29, 1.82) is 0 Å². The zero-order chi connectivity index (χ0) is 14.8. The summed E-state index contributed by atoms with van der Waals surface area (Å²) < 4.78 is 5.89. The third-order valence-corrected chi connectivity index (χ3v) is 2.92. The molecule has 0 saturated heterocycles. The maximum atomic E-state index is 5.89. The van der Waals surface area contributed by atoms with Gasteiger partial charge in [0, 0.05) is 17.8 Å².